The lowest BCUT2D eigenvalue weighted by Crippen LogP contribution is -2.10. The third-order valence-corrected chi connectivity index (χ3v) is 6.42. The van der Waals surface area contributed by atoms with Crippen LogP contribution in [0.25, 0.3) is 27.7 Å². The van der Waals surface area contributed by atoms with Gasteiger partial charge in [0.2, 0.25) is 5.91 Å². The van der Waals surface area contributed by atoms with Crippen molar-refractivity contribution in [2.75, 3.05) is 11.9 Å². The van der Waals surface area contributed by atoms with Gasteiger partial charge in [0.15, 0.2) is 0 Å². The molecule has 0 saturated heterocycles. The molecule has 0 spiro atoms. The van der Waals surface area contributed by atoms with E-state index in [1.165, 1.54) is 11.1 Å². The first-order chi connectivity index (χ1) is 16.7. The highest BCUT2D eigenvalue weighted by molar-refractivity contribution is 6.06. The average Bonchev–Trinajstić information content (AvgIpc) is 3.21. The van der Waals surface area contributed by atoms with Crippen LogP contribution in [-0.4, -0.2) is 12.5 Å². The Kier molecular flexibility index (Phi) is 6.83. The first-order valence-corrected chi connectivity index (χ1v) is 12.0. The molecule has 180 valence electrons. The Morgan fingerprint density at radius 2 is 1.63 bits per heavy atom. The summed E-state index contributed by atoms with van der Waals surface area (Å²) in [7, 11) is 0. The summed E-state index contributed by atoms with van der Waals surface area (Å²) in [5.74, 6) is 0.575. The Hall–Kier alpha value is -3.79. The van der Waals surface area contributed by atoms with E-state index in [0.717, 1.165) is 61.4 Å². The van der Waals surface area contributed by atoms with E-state index >= 15 is 0 Å². The van der Waals surface area contributed by atoms with Gasteiger partial charge in [-0.3, -0.25) is 4.79 Å². The molecular weight excluding hydrogens is 434 g/mol. The van der Waals surface area contributed by atoms with Crippen LogP contribution in [0.3, 0.4) is 0 Å². The van der Waals surface area contributed by atoms with E-state index in [0.29, 0.717) is 6.61 Å². The molecular formula is C31H33NO3. The zero-order valence-electron chi connectivity index (χ0n) is 21.6. The largest absolute Gasteiger partial charge is 0.493 e. The zero-order chi connectivity index (χ0) is 25.3. The van der Waals surface area contributed by atoms with Gasteiger partial charge in [0, 0.05) is 33.8 Å². The fraction of sp³-hybridized carbons (Fsp3) is 0.258. The van der Waals surface area contributed by atoms with Crippen molar-refractivity contribution in [1.82, 2.24) is 0 Å². The minimum absolute atomic E-state index is 0.170. The lowest BCUT2D eigenvalue weighted by Gasteiger charge is -2.15. The van der Waals surface area contributed by atoms with Crippen LogP contribution in [0.2, 0.25) is 0 Å². The van der Waals surface area contributed by atoms with E-state index in [2.05, 4.69) is 49.5 Å². The SMILES string of the molecule is CCOc1c(/C(C)=C/C(=O)Nc2ccc(C)cc2C)cc2c(-c3ccc(C)cc3C)coc2c1C. The monoisotopic (exact) mass is 467 g/mol. The van der Waals surface area contributed by atoms with Crippen LogP contribution in [0, 0.1) is 34.6 Å². The van der Waals surface area contributed by atoms with Crippen molar-refractivity contribution >= 4 is 28.1 Å². The maximum Gasteiger partial charge on any atom is 0.248 e. The number of fused-ring (bicyclic) bond motifs is 1. The van der Waals surface area contributed by atoms with Gasteiger partial charge in [-0.1, -0.05) is 41.5 Å². The molecule has 4 nitrogen and oxygen atoms in total. The second-order valence-corrected chi connectivity index (χ2v) is 9.29. The number of nitrogens with one attached hydrogen (secondary N) is 1. The third-order valence-electron chi connectivity index (χ3n) is 6.42. The first-order valence-electron chi connectivity index (χ1n) is 12.0. The number of amides is 1. The lowest BCUT2D eigenvalue weighted by molar-refractivity contribution is -0.111. The maximum atomic E-state index is 12.9. The first kappa shape index (κ1) is 24.3. The van der Waals surface area contributed by atoms with E-state index in [1.54, 1.807) is 6.08 Å². The Morgan fingerprint density at radius 1 is 0.943 bits per heavy atom. The van der Waals surface area contributed by atoms with Crippen molar-refractivity contribution in [3.63, 3.8) is 0 Å². The molecule has 4 rings (SSSR count). The average molecular weight is 468 g/mol. The van der Waals surface area contributed by atoms with Gasteiger partial charge < -0.3 is 14.5 Å². The van der Waals surface area contributed by atoms with Crippen LogP contribution in [0.1, 0.15) is 47.2 Å². The topological polar surface area (TPSA) is 51.5 Å². The van der Waals surface area contributed by atoms with E-state index in [1.807, 2.05) is 53.0 Å². The van der Waals surface area contributed by atoms with Crippen molar-refractivity contribution in [1.29, 1.82) is 0 Å². The van der Waals surface area contributed by atoms with E-state index in [4.69, 9.17) is 9.15 Å². The van der Waals surface area contributed by atoms with Gasteiger partial charge in [-0.25, -0.2) is 0 Å². The number of hydrogen-bond donors (Lipinski definition) is 1. The van der Waals surface area contributed by atoms with Gasteiger partial charge >= 0.3 is 0 Å². The molecule has 0 bridgehead atoms. The molecule has 0 radical (unpaired) electrons. The van der Waals surface area contributed by atoms with Crippen LogP contribution in [-0.2, 0) is 4.79 Å². The van der Waals surface area contributed by atoms with Crippen LogP contribution < -0.4 is 10.1 Å². The fourth-order valence-electron chi connectivity index (χ4n) is 4.66. The van der Waals surface area contributed by atoms with E-state index in [-0.39, 0.29) is 5.91 Å². The van der Waals surface area contributed by atoms with Crippen molar-refractivity contribution in [3.8, 4) is 16.9 Å². The van der Waals surface area contributed by atoms with Crippen molar-refractivity contribution in [2.24, 2.45) is 0 Å². The molecule has 1 aromatic heterocycles. The molecule has 35 heavy (non-hydrogen) atoms. The summed E-state index contributed by atoms with van der Waals surface area (Å²) in [5.41, 5.74) is 11.1. The third kappa shape index (κ3) is 4.88. The molecule has 1 amide bonds. The Labute approximate surface area is 207 Å². The molecule has 0 aliphatic carbocycles. The molecule has 0 fully saturated rings. The van der Waals surface area contributed by atoms with Gasteiger partial charge in [-0.15, -0.1) is 0 Å². The van der Waals surface area contributed by atoms with Crippen molar-refractivity contribution in [2.45, 2.75) is 48.5 Å². The van der Waals surface area contributed by atoms with Crippen LogP contribution in [0.5, 0.6) is 5.75 Å². The quantitative estimate of drug-likeness (QED) is 0.292. The summed E-state index contributed by atoms with van der Waals surface area (Å²) in [5, 5.41) is 4.02. The zero-order valence-corrected chi connectivity index (χ0v) is 21.6. The smallest absolute Gasteiger partial charge is 0.248 e. The molecule has 0 unspecified atom stereocenters. The summed E-state index contributed by atoms with van der Waals surface area (Å²) in [4.78, 5) is 12.9. The predicted molar refractivity (Wildman–Crippen MR) is 145 cm³/mol. The minimum Gasteiger partial charge on any atom is -0.493 e. The van der Waals surface area contributed by atoms with Crippen LogP contribution in [0.4, 0.5) is 5.69 Å². The second kappa shape index (κ2) is 9.83. The highest BCUT2D eigenvalue weighted by Gasteiger charge is 2.20. The lowest BCUT2D eigenvalue weighted by atomic mass is 9.94. The van der Waals surface area contributed by atoms with Crippen molar-refractivity contribution < 1.29 is 13.9 Å². The summed E-state index contributed by atoms with van der Waals surface area (Å²) >= 11 is 0. The van der Waals surface area contributed by atoms with Crippen molar-refractivity contribution in [3.05, 3.63) is 88.2 Å². The van der Waals surface area contributed by atoms with Crippen LogP contribution in [0.15, 0.2) is 59.2 Å². The number of aryl methyl sites for hydroxylation is 5. The van der Waals surface area contributed by atoms with Gasteiger partial charge in [0.05, 0.1) is 12.9 Å². The minimum atomic E-state index is -0.170. The van der Waals surface area contributed by atoms with Gasteiger partial charge in [0.25, 0.3) is 0 Å². The van der Waals surface area contributed by atoms with Gasteiger partial charge in [-0.05, 0) is 82.9 Å². The number of hydrogen-bond acceptors (Lipinski definition) is 3. The number of anilines is 1. The number of rotatable bonds is 6. The van der Waals surface area contributed by atoms with Gasteiger partial charge in [0.1, 0.15) is 11.3 Å². The maximum absolute atomic E-state index is 12.9. The fourth-order valence-corrected chi connectivity index (χ4v) is 4.66. The van der Waals surface area contributed by atoms with Gasteiger partial charge in [-0.2, -0.15) is 0 Å². The summed E-state index contributed by atoms with van der Waals surface area (Å²) in [6, 6.07) is 14.5. The highest BCUT2D eigenvalue weighted by atomic mass is 16.5. The van der Waals surface area contributed by atoms with E-state index < -0.39 is 0 Å². The molecule has 0 saturated carbocycles. The number of carbonyl (C=O) groups is 1. The summed E-state index contributed by atoms with van der Waals surface area (Å²) < 4.78 is 12.1. The molecule has 3 aromatic carbocycles. The molecule has 1 heterocycles. The van der Waals surface area contributed by atoms with Crippen LogP contribution >= 0.6 is 0 Å². The number of carbonyl (C=O) groups excluding carboxylic acids is 1. The molecule has 1 N–H and O–H groups in total. The molecule has 4 heteroatoms. The Balaban J connectivity index is 1.80. The molecule has 0 atom stereocenters. The summed E-state index contributed by atoms with van der Waals surface area (Å²) in [6.07, 6.45) is 3.46. The number of furan rings is 1. The Morgan fingerprint density at radius 3 is 2.29 bits per heavy atom. The number of ether oxygens (including phenoxy) is 1. The molecule has 0 aliphatic rings. The van der Waals surface area contributed by atoms with E-state index in [9.17, 15) is 4.79 Å². The molecule has 0 aliphatic heterocycles. The Bertz CT molecular complexity index is 1460. The predicted octanol–water partition coefficient (Wildman–Crippen LogP) is 8.08. The number of benzene rings is 3. The summed E-state index contributed by atoms with van der Waals surface area (Å²) in [6.45, 7) is 14.7. The highest BCUT2D eigenvalue weighted by Crippen LogP contribution is 2.41. The number of allylic oxidation sites excluding steroid dienone is 1. The standard InChI is InChI=1S/C31H33NO3/c1-8-34-30-23(7)31-26(27(17-35-31)24-11-9-18(2)13-20(24)4)16-25(30)21(5)15-29(33)32-28-12-10-19(3)14-22(28)6/h9-17H,8H2,1-7H3,(H,32,33)/b21-15+. The second-order valence-electron chi connectivity index (χ2n) is 9.29. The normalized spacial score (nSPS) is 11.7. The molecule has 4 aromatic rings.